The molecule has 1 aliphatic rings. The number of rotatable bonds is 4. The second-order valence-electron chi connectivity index (χ2n) is 4.97. The number of esters is 2. The monoisotopic (exact) mass is 317 g/mol. The summed E-state index contributed by atoms with van der Waals surface area (Å²) < 4.78 is 14.7. The molecule has 0 radical (unpaired) electrons. The number of carbonyl (C=O) groups excluding carboxylic acids is 2. The van der Waals surface area contributed by atoms with E-state index in [4.69, 9.17) is 14.2 Å². The van der Waals surface area contributed by atoms with Crippen LogP contribution in [0.3, 0.4) is 0 Å². The van der Waals surface area contributed by atoms with Crippen LogP contribution in [0.2, 0.25) is 0 Å². The van der Waals surface area contributed by atoms with Gasteiger partial charge in [-0.15, -0.1) is 0 Å². The van der Waals surface area contributed by atoms with Gasteiger partial charge in [0.05, 0.1) is 38.5 Å². The first kappa shape index (κ1) is 16.6. The van der Waals surface area contributed by atoms with Gasteiger partial charge in [0.15, 0.2) is 0 Å². The van der Waals surface area contributed by atoms with Crippen LogP contribution in [-0.2, 0) is 19.1 Å². The number of methoxy groups -OCH3 is 3. The zero-order valence-corrected chi connectivity index (χ0v) is 13.5. The molecule has 6 heteroatoms. The first-order valence-electron chi connectivity index (χ1n) is 7.01. The lowest BCUT2D eigenvalue weighted by molar-refractivity contribution is -0.136. The van der Waals surface area contributed by atoms with E-state index in [1.165, 1.54) is 20.3 Å². The lowest BCUT2D eigenvalue weighted by Gasteiger charge is -2.27. The molecule has 0 bridgehead atoms. The molecule has 0 saturated heterocycles. The quantitative estimate of drug-likeness (QED) is 0.855. The van der Waals surface area contributed by atoms with Crippen molar-refractivity contribution in [1.29, 1.82) is 0 Å². The fraction of sp³-hybridized carbons (Fsp3) is 0.294. The van der Waals surface area contributed by atoms with Crippen LogP contribution in [-0.4, -0.2) is 33.3 Å². The summed E-state index contributed by atoms with van der Waals surface area (Å²) in [6.07, 6.45) is 1.51. The van der Waals surface area contributed by atoms with Crippen LogP contribution in [0, 0.1) is 0 Å². The fourth-order valence-corrected chi connectivity index (χ4v) is 2.39. The Morgan fingerprint density at radius 1 is 1.00 bits per heavy atom. The van der Waals surface area contributed by atoms with E-state index in [9.17, 15) is 9.59 Å². The molecule has 0 amide bonds. The molecule has 0 aromatic heterocycles. The molecular formula is C17H19NO5. The minimum atomic E-state index is -0.510. The second kappa shape index (κ2) is 7.00. The molecule has 1 heterocycles. The number of allylic oxidation sites excluding steroid dienone is 1. The maximum atomic E-state index is 12.1. The molecule has 0 aliphatic carbocycles. The number of nitrogens with one attached hydrogen (secondary N) is 1. The molecule has 1 aromatic rings. The summed E-state index contributed by atoms with van der Waals surface area (Å²) in [5, 5.41) is 3.17. The molecule has 2 rings (SSSR count). The Labute approximate surface area is 134 Å². The molecule has 1 unspecified atom stereocenters. The highest BCUT2D eigenvalue weighted by atomic mass is 16.5. The Morgan fingerprint density at radius 2 is 1.61 bits per heavy atom. The van der Waals surface area contributed by atoms with Crippen molar-refractivity contribution < 1.29 is 23.8 Å². The summed E-state index contributed by atoms with van der Waals surface area (Å²) >= 11 is 0. The molecule has 122 valence electrons. The number of carbonyl (C=O) groups is 2. The van der Waals surface area contributed by atoms with Crippen LogP contribution < -0.4 is 10.1 Å². The minimum Gasteiger partial charge on any atom is -0.497 e. The Balaban J connectivity index is 2.44. The standard InChI is InChI=1S/C17H19NO5/c1-10-13(16(19)22-3)9-14(17(20)23-4)15(18-10)11-5-7-12(21-2)8-6-11/h5-9,15,18H,1-4H3. The summed E-state index contributed by atoms with van der Waals surface area (Å²) in [4.78, 5) is 23.9. The van der Waals surface area contributed by atoms with Gasteiger partial charge in [0.1, 0.15) is 5.75 Å². The number of hydrogen-bond donors (Lipinski definition) is 1. The highest BCUT2D eigenvalue weighted by molar-refractivity contribution is 5.98. The van der Waals surface area contributed by atoms with Gasteiger partial charge in [0, 0.05) is 5.70 Å². The Bertz CT molecular complexity index is 673. The van der Waals surface area contributed by atoms with Gasteiger partial charge in [-0.3, -0.25) is 0 Å². The summed E-state index contributed by atoms with van der Waals surface area (Å²) in [5.41, 5.74) is 2.12. The number of hydrogen-bond acceptors (Lipinski definition) is 6. The third-order valence-electron chi connectivity index (χ3n) is 3.65. The summed E-state index contributed by atoms with van der Waals surface area (Å²) in [7, 11) is 4.18. The fourth-order valence-electron chi connectivity index (χ4n) is 2.39. The Morgan fingerprint density at radius 3 is 2.13 bits per heavy atom. The van der Waals surface area contributed by atoms with Crippen molar-refractivity contribution in [2.75, 3.05) is 21.3 Å². The first-order valence-corrected chi connectivity index (χ1v) is 7.01. The van der Waals surface area contributed by atoms with E-state index in [0.717, 1.165) is 11.3 Å². The molecule has 0 fully saturated rings. The van der Waals surface area contributed by atoms with Gasteiger partial charge < -0.3 is 19.5 Å². The maximum absolute atomic E-state index is 12.1. The van der Waals surface area contributed by atoms with Crippen molar-refractivity contribution in [2.24, 2.45) is 0 Å². The van der Waals surface area contributed by atoms with Crippen molar-refractivity contribution in [2.45, 2.75) is 13.0 Å². The molecule has 1 atom stereocenters. The van der Waals surface area contributed by atoms with Gasteiger partial charge >= 0.3 is 11.9 Å². The average Bonchev–Trinajstić information content (AvgIpc) is 2.60. The average molecular weight is 317 g/mol. The van der Waals surface area contributed by atoms with Crippen molar-refractivity contribution in [1.82, 2.24) is 5.32 Å². The van der Waals surface area contributed by atoms with Crippen molar-refractivity contribution in [3.8, 4) is 5.75 Å². The van der Waals surface area contributed by atoms with Gasteiger partial charge in [-0.05, 0) is 30.7 Å². The van der Waals surface area contributed by atoms with Crippen molar-refractivity contribution in [3.05, 3.63) is 52.7 Å². The summed E-state index contributed by atoms with van der Waals surface area (Å²) in [6, 6.07) is 6.90. The van der Waals surface area contributed by atoms with Gasteiger partial charge in [-0.25, -0.2) is 9.59 Å². The van der Waals surface area contributed by atoms with E-state index < -0.39 is 18.0 Å². The molecule has 0 saturated carbocycles. The molecular weight excluding hydrogens is 298 g/mol. The van der Waals surface area contributed by atoms with E-state index in [1.54, 1.807) is 26.2 Å². The Hall–Kier alpha value is -2.76. The first-order chi connectivity index (χ1) is 11.0. The molecule has 6 nitrogen and oxygen atoms in total. The topological polar surface area (TPSA) is 73.9 Å². The van der Waals surface area contributed by atoms with Crippen LogP contribution in [0.4, 0.5) is 0 Å². The van der Waals surface area contributed by atoms with Gasteiger partial charge in [0.2, 0.25) is 0 Å². The van der Waals surface area contributed by atoms with E-state index in [-0.39, 0.29) is 0 Å². The largest absolute Gasteiger partial charge is 0.497 e. The lowest BCUT2D eigenvalue weighted by atomic mass is 9.92. The molecule has 0 spiro atoms. The molecule has 1 aliphatic heterocycles. The van der Waals surface area contributed by atoms with Crippen LogP contribution in [0.15, 0.2) is 47.2 Å². The SMILES string of the molecule is COC(=O)C1=CC(C(=O)OC)=C(C)NC1c1ccc(OC)cc1. The smallest absolute Gasteiger partial charge is 0.339 e. The zero-order chi connectivity index (χ0) is 17.0. The maximum Gasteiger partial charge on any atom is 0.339 e. The molecule has 23 heavy (non-hydrogen) atoms. The summed E-state index contributed by atoms with van der Waals surface area (Å²) in [5.74, 6) is -0.299. The van der Waals surface area contributed by atoms with E-state index in [2.05, 4.69) is 5.32 Å². The number of dihydropyridines is 1. The van der Waals surface area contributed by atoms with Gasteiger partial charge in [-0.1, -0.05) is 12.1 Å². The molecule has 1 aromatic carbocycles. The van der Waals surface area contributed by atoms with Crippen LogP contribution in [0.1, 0.15) is 18.5 Å². The predicted molar refractivity (Wildman–Crippen MR) is 83.7 cm³/mol. The van der Waals surface area contributed by atoms with Crippen LogP contribution in [0.25, 0.3) is 0 Å². The van der Waals surface area contributed by atoms with E-state index in [0.29, 0.717) is 16.8 Å². The third-order valence-corrected chi connectivity index (χ3v) is 3.65. The second-order valence-corrected chi connectivity index (χ2v) is 4.97. The zero-order valence-electron chi connectivity index (χ0n) is 13.5. The minimum absolute atomic E-state index is 0.303. The van der Waals surface area contributed by atoms with E-state index in [1.807, 2.05) is 12.1 Å². The molecule has 1 N–H and O–H groups in total. The normalized spacial score (nSPS) is 17.0. The van der Waals surface area contributed by atoms with Gasteiger partial charge in [0.25, 0.3) is 0 Å². The van der Waals surface area contributed by atoms with Gasteiger partial charge in [-0.2, -0.15) is 0 Å². The lowest BCUT2D eigenvalue weighted by Crippen LogP contribution is -2.31. The van der Waals surface area contributed by atoms with E-state index >= 15 is 0 Å². The predicted octanol–water partition coefficient (Wildman–Crippen LogP) is 1.89. The third kappa shape index (κ3) is 3.36. The number of ether oxygens (including phenoxy) is 3. The number of benzene rings is 1. The highest BCUT2D eigenvalue weighted by Crippen LogP contribution is 2.31. The Kier molecular flexibility index (Phi) is 5.05. The van der Waals surface area contributed by atoms with Crippen molar-refractivity contribution in [3.63, 3.8) is 0 Å². The van der Waals surface area contributed by atoms with Crippen LogP contribution in [0.5, 0.6) is 5.75 Å². The van der Waals surface area contributed by atoms with Crippen molar-refractivity contribution >= 4 is 11.9 Å². The summed E-state index contributed by atoms with van der Waals surface area (Å²) in [6.45, 7) is 1.76. The highest BCUT2D eigenvalue weighted by Gasteiger charge is 2.30. The van der Waals surface area contributed by atoms with Crippen LogP contribution >= 0.6 is 0 Å².